The Labute approximate surface area is 112 Å². The minimum absolute atomic E-state index is 0.0270. The van der Waals surface area contributed by atoms with Crippen LogP contribution in [-0.4, -0.2) is 12.6 Å². The molecule has 0 N–H and O–H groups in total. The van der Waals surface area contributed by atoms with Crippen LogP contribution in [0.2, 0.25) is 0 Å². The van der Waals surface area contributed by atoms with Crippen molar-refractivity contribution in [3.63, 3.8) is 0 Å². The maximum absolute atomic E-state index is 12.2. The lowest BCUT2D eigenvalue weighted by Crippen LogP contribution is -2.00. The van der Waals surface area contributed by atoms with E-state index in [-0.39, 0.29) is 12.6 Å². The Morgan fingerprint density at radius 3 is 2.39 bits per heavy atom. The van der Waals surface area contributed by atoms with Crippen molar-refractivity contribution < 1.29 is 14.3 Å². The van der Waals surface area contributed by atoms with Gasteiger partial charge in [-0.25, -0.2) is 0 Å². The van der Waals surface area contributed by atoms with Crippen molar-refractivity contribution in [3.05, 3.63) is 58.1 Å². The molecule has 90 valence electrons. The Morgan fingerprint density at radius 2 is 1.61 bits per heavy atom. The third-order valence-electron chi connectivity index (χ3n) is 2.74. The quantitative estimate of drug-likeness (QED) is 0.798. The third kappa shape index (κ3) is 1.99. The van der Waals surface area contributed by atoms with Crippen LogP contribution in [0.5, 0.6) is 11.5 Å². The second-order valence-electron chi connectivity index (χ2n) is 3.90. The van der Waals surface area contributed by atoms with Crippen molar-refractivity contribution in [1.29, 1.82) is 0 Å². The largest absolute Gasteiger partial charge is 0.454 e. The van der Waals surface area contributed by atoms with Gasteiger partial charge in [0.05, 0.1) is 0 Å². The Hall–Kier alpha value is -1.81. The molecule has 1 aliphatic rings. The van der Waals surface area contributed by atoms with Crippen molar-refractivity contribution >= 4 is 21.7 Å². The molecule has 0 saturated heterocycles. The first-order valence-corrected chi connectivity index (χ1v) is 6.23. The molecule has 0 aliphatic carbocycles. The van der Waals surface area contributed by atoms with Gasteiger partial charge in [0.25, 0.3) is 0 Å². The van der Waals surface area contributed by atoms with Crippen molar-refractivity contribution in [2.45, 2.75) is 0 Å². The van der Waals surface area contributed by atoms with Crippen LogP contribution in [0.1, 0.15) is 15.9 Å². The monoisotopic (exact) mass is 304 g/mol. The van der Waals surface area contributed by atoms with Gasteiger partial charge in [0, 0.05) is 15.6 Å². The standard InChI is InChI=1S/C14H9BrO3/c15-11-4-1-9(2-5-11)14(16)10-3-6-12-13(7-10)18-8-17-12/h1-7H,8H2. The maximum atomic E-state index is 12.2. The van der Waals surface area contributed by atoms with Gasteiger partial charge in [0.1, 0.15) is 0 Å². The predicted octanol–water partition coefficient (Wildman–Crippen LogP) is 3.41. The molecule has 0 atom stereocenters. The van der Waals surface area contributed by atoms with E-state index in [4.69, 9.17) is 9.47 Å². The molecule has 18 heavy (non-hydrogen) atoms. The van der Waals surface area contributed by atoms with E-state index in [1.807, 2.05) is 12.1 Å². The molecule has 3 nitrogen and oxygen atoms in total. The van der Waals surface area contributed by atoms with Crippen LogP contribution in [0.25, 0.3) is 0 Å². The third-order valence-corrected chi connectivity index (χ3v) is 3.27. The molecule has 0 aromatic heterocycles. The highest BCUT2D eigenvalue weighted by molar-refractivity contribution is 9.10. The van der Waals surface area contributed by atoms with Gasteiger partial charge in [-0.3, -0.25) is 4.79 Å². The van der Waals surface area contributed by atoms with Crippen molar-refractivity contribution in [3.8, 4) is 11.5 Å². The first-order chi connectivity index (χ1) is 8.74. The predicted molar refractivity (Wildman–Crippen MR) is 70.1 cm³/mol. The molecule has 0 radical (unpaired) electrons. The van der Waals surface area contributed by atoms with E-state index in [1.54, 1.807) is 30.3 Å². The van der Waals surface area contributed by atoms with Crippen LogP contribution in [0.4, 0.5) is 0 Å². The highest BCUT2D eigenvalue weighted by Gasteiger charge is 2.16. The van der Waals surface area contributed by atoms with Gasteiger partial charge < -0.3 is 9.47 Å². The fraction of sp³-hybridized carbons (Fsp3) is 0.0714. The summed E-state index contributed by atoms with van der Waals surface area (Å²) >= 11 is 3.34. The maximum Gasteiger partial charge on any atom is 0.231 e. The lowest BCUT2D eigenvalue weighted by molar-refractivity contribution is 0.103. The van der Waals surface area contributed by atoms with Gasteiger partial charge >= 0.3 is 0 Å². The summed E-state index contributed by atoms with van der Waals surface area (Å²) < 4.78 is 11.4. The number of rotatable bonds is 2. The number of benzene rings is 2. The van der Waals surface area contributed by atoms with E-state index < -0.39 is 0 Å². The minimum atomic E-state index is -0.0270. The molecule has 3 rings (SSSR count). The fourth-order valence-corrected chi connectivity index (χ4v) is 2.07. The van der Waals surface area contributed by atoms with Crippen LogP contribution in [0.3, 0.4) is 0 Å². The zero-order valence-corrected chi connectivity index (χ0v) is 10.9. The number of carbonyl (C=O) groups is 1. The van der Waals surface area contributed by atoms with Gasteiger partial charge in [-0.15, -0.1) is 0 Å². The summed E-state index contributed by atoms with van der Waals surface area (Å²) in [5.74, 6) is 1.28. The highest BCUT2D eigenvalue weighted by atomic mass is 79.9. The highest BCUT2D eigenvalue weighted by Crippen LogP contribution is 2.33. The smallest absolute Gasteiger partial charge is 0.231 e. The van der Waals surface area contributed by atoms with E-state index in [9.17, 15) is 4.79 Å². The molecule has 1 heterocycles. The molecule has 0 bridgehead atoms. The van der Waals surface area contributed by atoms with Gasteiger partial charge in [-0.05, 0) is 42.5 Å². The number of halogens is 1. The van der Waals surface area contributed by atoms with E-state index in [0.717, 1.165) is 4.47 Å². The van der Waals surface area contributed by atoms with E-state index in [1.165, 1.54) is 0 Å². The molecule has 0 unspecified atom stereocenters. The zero-order valence-electron chi connectivity index (χ0n) is 9.35. The molecule has 2 aromatic carbocycles. The van der Waals surface area contributed by atoms with E-state index in [0.29, 0.717) is 22.6 Å². The number of fused-ring (bicyclic) bond motifs is 1. The first-order valence-electron chi connectivity index (χ1n) is 5.44. The molecule has 0 fully saturated rings. The second-order valence-corrected chi connectivity index (χ2v) is 4.82. The summed E-state index contributed by atoms with van der Waals surface area (Å²) in [6, 6.07) is 12.5. The van der Waals surface area contributed by atoms with Gasteiger partial charge in [0.2, 0.25) is 6.79 Å². The average Bonchev–Trinajstić information content (AvgIpc) is 2.86. The molecule has 0 amide bonds. The lowest BCUT2D eigenvalue weighted by Gasteiger charge is -2.03. The topological polar surface area (TPSA) is 35.5 Å². The average molecular weight is 305 g/mol. The molecule has 4 heteroatoms. The molecule has 2 aromatic rings. The Bertz CT molecular complexity index is 605. The van der Waals surface area contributed by atoms with Crippen molar-refractivity contribution in [2.75, 3.05) is 6.79 Å². The number of ketones is 1. The minimum Gasteiger partial charge on any atom is -0.454 e. The lowest BCUT2D eigenvalue weighted by atomic mass is 10.0. The fourth-order valence-electron chi connectivity index (χ4n) is 1.81. The molecule has 0 spiro atoms. The summed E-state index contributed by atoms with van der Waals surface area (Å²) in [6.45, 7) is 0.214. The molecule has 1 aliphatic heterocycles. The normalized spacial score (nSPS) is 12.5. The summed E-state index contributed by atoms with van der Waals surface area (Å²) in [7, 11) is 0. The van der Waals surface area contributed by atoms with Crippen LogP contribution in [-0.2, 0) is 0 Å². The Balaban J connectivity index is 1.95. The number of carbonyl (C=O) groups excluding carboxylic acids is 1. The van der Waals surface area contributed by atoms with Crippen LogP contribution < -0.4 is 9.47 Å². The summed E-state index contributed by atoms with van der Waals surface area (Å²) in [6.07, 6.45) is 0. The van der Waals surface area contributed by atoms with Crippen molar-refractivity contribution in [2.24, 2.45) is 0 Å². The summed E-state index contributed by atoms with van der Waals surface area (Å²) in [4.78, 5) is 12.2. The van der Waals surface area contributed by atoms with Crippen molar-refractivity contribution in [1.82, 2.24) is 0 Å². The first kappa shape index (κ1) is 11.3. The summed E-state index contributed by atoms with van der Waals surface area (Å²) in [5, 5.41) is 0. The molecule has 0 saturated carbocycles. The van der Waals surface area contributed by atoms with Crippen LogP contribution >= 0.6 is 15.9 Å². The Kier molecular flexibility index (Phi) is 2.80. The zero-order chi connectivity index (χ0) is 12.5. The van der Waals surface area contributed by atoms with E-state index in [2.05, 4.69) is 15.9 Å². The van der Waals surface area contributed by atoms with Gasteiger partial charge in [-0.2, -0.15) is 0 Å². The van der Waals surface area contributed by atoms with E-state index >= 15 is 0 Å². The van der Waals surface area contributed by atoms with Gasteiger partial charge in [0.15, 0.2) is 17.3 Å². The Morgan fingerprint density at radius 1 is 0.944 bits per heavy atom. The van der Waals surface area contributed by atoms with Crippen LogP contribution in [0, 0.1) is 0 Å². The number of ether oxygens (including phenoxy) is 2. The summed E-state index contributed by atoms with van der Waals surface area (Å²) in [5.41, 5.74) is 1.25. The second kappa shape index (κ2) is 4.46. The van der Waals surface area contributed by atoms with Gasteiger partial charge in [-0.1, -0.05) is 15.9 Å². The number of hydrogen-bond donors (Lipinski definition) is 0. The molecular formula is C14H9BrO3. The number of hydrogen-bond acceptors (Lipinski definition) is 3. The molecular weight excluding hydrogens is 296 g/mol. The SMILES string of the molecule is O=C(c1ccc(Br)cc1)c1ccc2c(c1)OCO2. The van der Waals surface area contributed by atoms with Crippen LogP contribution in [0.15, 0.2) is 46.9 Å².